The fourth-order valence-corrected chi connectivity index (χ4v) is 2.03. The van der Waals surface area contributed by atoms with Crippen LogP contribution in [0.5, 0.6) is 0 Å². The van der Waals surface area contributed by atoms with Gasteiger partial charge in [0.25, 0.3) is 0 Å². The second-order valence-electron chi connectivity index (χ2n) is 4.11. The monoisotopic (exact) mass is 251 g/mol. The van der Waals surface area contributed by atoms with Crippen LogP contribution in [0.15, 0.2) is 24.3 Å². The maximum atomic E-state index is 13.6. The number of halogens is 1. The van der Waals surface area contributed by atoms with Crippen molar-refractivity contribution in [2.24, 2.45) is 5.92 Å². The van der Waals surface area contributed by atoms with Gasteiger partial charge in [-0.15, -0.1) is 0 Å². The quantitative estimate of drug-likeness (QED) is 0.769. The van der Waals surface area contributed by atoms with Crippen molar-refractivity contribution in [3.8, 4) is 0 Å². The van der Waals surface area contributed by atoms with E-state index in [1.165, 1.54) is 17.0 Å². The van der Waals surface area contributed by atoms with E-state index in [-0.39, 0.29) is 31.2 Å². The molecule has 96 valence electrons. The Labute approximate surface area is 104 Å². The van der Waals surface area contributed by atoms with E-state index in [4.69, 9.17) is 4.74 Å². The van der Waals surface area contributed by atoms with Crippen LogP contribution >= 0.6 is 0 Å². The molecule has 2 rings (SSSR count). The molecule has 18 heavy (non-hydrogen) atoms. The van der Waals surface area contributed by atoms with E-state index < -0.39 is 17.7 Å². The molecule has 0 spiro atoms. The zero-order chi connectivity index (χ0) is 13.1. The van der Waals surface area contributed by atoms with E-state index >= 15 is 0 Å². The second kappa shape index (κ2) is 5.16. The Kier molecular flexibility index (Phi) is 3.60. The summed E-state index contributed by atoms with van der Waals surface area (Å²) >= 11 is 0. The van der Waals surface area contributed by atoms with E-state index in [2.05, 4.69) is 0 Å². The molecule has 1 aromatic rings. The summed E-state index contributed by atoms with van der Waals surface area (Å²) in [4.78, 5) is 24.7. The third-order valence-electron chi connectivity index (χ3n) is 2.89. The normalized spacial score (nSPS) is 19.1. The lowest BCUT2D eigenvalue weighted by atomic mass is 10.1. The van der Waals surface area contributed by atoms with E-state index in [1.807, 2.05) is 0 Å². The van der Waals surface area contributed by atoms with Gasteiger partial charge in [-0.3, -0.25) is 9.59 Å². The zero-order valence-electron chi connectivity index (χ0n) is 10.1. The summed E-state index contributed by atoms with van der Waals surface area (Å²) in [6.45, 7) is 2.17. The van der Waals surface area contributed by atoms with Gasteiger partial charge in [-0.25, -0.2) is 4.39 Å². The number of carbonyl (C=O) groups is 2. The Bertz CT molecular complexity index is 475. The minimum Gasteiger partial charge on any atom is -0.466 e. The standard InChI is InChI=1S/C13H14FNO3/c1-2-18-13(17)9-7-12(16)15(8-9)11-6-4-3-5-10(11)14/h3-6,9H,2,7-8H2,1H3/t9-/m1/s1. The van der Waals surface area contributed by atoms with Gasteiger partial charge in [0.2, 0.25) is 5.91 Å². The topological polar surface area (TPSA) is 46.6 Å². The predicted molar refractivity (Wildman–Crippen MR) is 63.5 cm³/mol. The molecule has 1 amide bonds. The third kappa shape index (κ3) is 2.34. The van der Waals surface area contributed by atoms with Crippen molar-refractivity contribution in [2.75, 3.05) is 18.1 Å². The number of amides is 1. The Morgan fingerprint density at radius 3 is 2.89 bits per heavy atom. The van der Waals surface area contributed by atoms with Gasteiger partial charge in [-0.2, -0.15) is 0 Å². The lowest BCUT2D eigenvalue weighted by molar-refractivity contribution is -0.147. The van der Waals surface area contributed by atoms with E-state index in [0.29, 0.717) is 0 Å². The molecular formula is C13H14FNO3. The fraction of sp³-hybridized carbons (Fsp3) is 0.385. The molecule has 0 saturated carbocycles. The number of hydrogen-bond acceptors (Lipinski definition) is 3. The van der Waals surface area contributed by atoms with Gasteiger partial charge in [-0.1, -0.05) is 12.1 Å². The zero-order valence-corrected chi connectivity index (χ0v) is 10.1. The van der Waals surface area contributed by atoms with Crippen LogP contribution in [0.25, 0.3) is 0 Å². The number of carbonyl (C=O) groups excluding carboxylic acids is 2. The summed E-state index contributed by atoms with van der Waals surface area (Å²) < 4.78 is 18.5. The molecule has 1 atom stereocenters. The van der Waals surface area contributed by atoms with Gasteiger partial charge in [0.1, 0.15) is 5.82 Å². The number of anilines is 1. The molecule has 1 aromatic carbocycles. The molecule has 0 N–H and O–H groups in total. The van der Waals surface area contributed by atoms with Gasteiger partial charge in [0.05, 0.1) is 18.2 Å². The van der Waals surface area contributed by atoms with Crippen molar-refractivity contribution in [1.29, 1.82) is 0 Å². The average molecular weight is 251 g/mol. The average Bonchev–Trinajstić information content (AvgIpc) is 2.72. The molecule has 1 aliphatic heterocycles. The van der Waals surface area contributed by atoms with Gasteiger partial charge in [-0.05, 0) is 19.1 Å². The van der Waals surface area contributed by atoms with Crippen LogP contribution in [0.2, 0.25) is 0 Å². The van der Waals surface area contributed by atoms with Gasteiger partial charge >= 0.3 is 5.97 Å². The number of benzene rings is 1. The van der Waals surface area contributed by atoms with Crippen LogP contribution in [0.4, 0.5) is 10.1 Å². The van der Waals surface area contributed by atoms with Crippen LogP contribution in [0, 0.1) is 11.7 Å². The number of hydrogen-bond donors (Lipinski definition) is 0. The highest BCUT2D eigenvalue weighted by Gasteiger charge is 2.36. The molecule has 0 aromatic heterocycles. The summed E-state index contributed by atoms with van der Waals surface area (Å²) in [5.74, 6) is -1.62. The van der Waals surface area contributed by atoms with Gasteiger partial charge < -0.3 is 9.64 Å². The molecule has 1 heterocycles. The highest BCUT2D eigenvalue weighted by Crippen LogP contribution is 2.27. The Hall–Kier alpha value is -1.91. The van der Waals surface area contributed by atoms with E-state index in [1.54, 1.807) is 19.1 Å². The van der Waals surface area contributed by atoms with Crippen LogP contribution in [0.1, 0.15) is 13.3 Å². The summed E-state index contributed by atoms with van der Waals surface area (Å²) in [5.41, 5.74) is 0.217. The largest absolute Gasteiger partial charge is 0.466 e. The first-order valence-corrected chi connectivity index (χ1v) is 5.85. The lowest BCUT2D eigenvalue weighted by Gasteiger charge is -2.16. The Morgan fingerprint density at radius 1 is 1.50 bits per heavy atom. The number of ether oxygens (including phenoxy) is 1. The summed E-state index contributed by atoms with van der Waals surface area (Å²) in [7, 11) is 0. The maximum Gasteiger partial charge on any atom is 0.311 e. The first kappa shape index (κ1) is 12.5. The second-order valence-corrected chi connectivity index (χ2v) is 4.11. The summed E-state index contributed by atoms with van der Waals surface area (Å²) in [6.07, 6.45) is 0.0766. The van der Waals surface area contributed by atoms with Crippen molar-refractivity contribution < 1.29 is 18.7 Å². The predicted octanol–water partition coefficient (Wildman–Crippen LogP) is 1.74. The van der Waals surface area contributed by atoms with E-state index in [0.717, 1.165) is 0 Å². The molecule has 1 saturated heterocycles. The molecule has 4 nitrogen and oxygen atoms in total. The maximum absolute atomic E-state index is 13.6. The Balaban J connectivity index is 2.15. The highest BCUT2D eigenvalue weighted by atomic mass is 19.1. The Morgan fingerprint density at radius 2 is 2.22 bits per heavy atom. The van der Waals surface area contributed by atoms with Crippen molar-refractivity contribution in [3.05, 3.63) is 30.1 Å². The van der Waals surface area contributed by atoms with Crippen molar-refractivity contribution >= 4 is 17.6 Å². The molecule has 1 aliphatic rings. The van der Waals surface area contributed by atoms with Gasteiger partial charge in [0.15, 0.2) is 0 Å². The molecule has 0 unspecified atom stereocenters. The van der Waals surface area contributed by atoms with Gasteiger partial charge in [0, 0.05) is 13.0 Å². The van der Waals surface area contributed by atoms with Crippen molar-refractivity contribution in [1.82, 2.24) is 0 Å². The molecular weight excluding hydrogens is 237 g/mol. The molecule has 1 fully saturated rings. The smallest absolute Gasteiger partial charge is 0.311 e. The van der Waals surface area contributed by atoms with E-state index in [9.17, 15) is 14.0 Å². The molecule has 5 heteroatoms. The first-order chi connectivity index (χ1) is 8.63. The number of para-hydroxylation sites is 1. The molecule has 0 radical (unpaired) electrons. The fourth-order valence-electron chi connectivity index (χ4n) is 2.03. The summed E-state index contributed by atoms with van der Waals surface area (Å²) in [5, 5.41) is 0. The minimum atomic E-state index is -0.503. The summed E-state index contributed by atoms with van der Waals surface area (Å²) in [6, 6.07) is 6.03. The number of nitrogens with zero attached hydrogens (tertiary/aromatic N) is 1. The third-order valence-corrected chi connectivity index (χ3v) is 2.89. The number of esters is 1. The van der Waals surface area contributed by atoms with Crippen LogP contribution in [-0.2, 0) is 14.3 Å². The van der Waals surface area contributed by atoms with Crippen molar-refractivity contribution in [3.63, 3.8) is 0 Å². The van der Waals surface area contributed by atoms with Crippen molar-refractivity contribution in [2.45, 2.75) is 13.3 Å². The SMILES string of the molecule is CCOC(=O)[C@@H]1CC(=O)N(c2ccccc2F)C1. The van der Waals surface area contributed by atoms with Crippen LogP contribution in [-0.4, -0.2) is 25.0 Å². The van der Waals surface area contributed by atoms with Crippen LogP contribution in [0.3, 0.4) is 0 Å². The van der Waals surface area contributed by atoms with Crippen LogP contribution < -0.4 is 4.90 Å². The lowest BCUT2D eigenvalue weighted by Crippen LogP contribution is -2.27. The molecule has 0 bridgehead atoms. The first-order valence-electron chi connectivity index (χ1n) is 5.85. The number of rotatable bonds is 3. The minimum absolute atomic E-state index is 0.0766. The highest BCUT2D eigenvalue weighted by molar-refractivity contribution is 5.99. The molecule has 0 aliphatic carbocycles.